The lowest BCUT2D eigenvalue weighted by atomic mass is 9.91. The van der Waals surface area contributed by atoms with Gasteiger partial charge >= 0.3 is 0 Å². The fraction of sp³-hybridized carbons (Fsp3) is 0.543. The second-order valence-electron chi connectivity index (χ2n) is 13.1. The molecule has 4 atom stereocenters. The van der Waals surface area contributed by atoms with Crippen molar-refractivity contribution in [2.75, 3.05) is 25.9 Å². The zero-order valence-corrected chi connectivity index (χ0v) is 29.6. The van der Waals surface area contributed by atoms with Crippen LogP contribution in [0.5, 0.6) is 0 Å². The highest BCUT2D eigenvalue weighted by molar-refractivity contribution is 7.88. The molecule has 2 amide bonds. The number of aromatic nitrogens is 1. The summed E-state index contributed by atoms with van der Waals surface area (Å²) in [6.07, 6.45) is 5.35. The van der Waals surface area contributed by atoms with Crippen LogP contribution < -0.4 is 15.4 Å². The average molecular weight is 716 g/mol. The predicted molar refractivity (Wildman–Crippen MR) is 187 cm³/mol. The number of carbonyl (C=O) groups excluding carboxylic acids is 3. The van der Waals surface area contributed by atoms with Crippen molar-refractivity contribution in [1.29, 1.82) is 0 Å². The first kappa shape index (κ1) is 36.9. The molecule has 3 N–H and O–H groups in total. The highest BCUT2D eigenvalue weighted by Gasteiger charge is 2.44. The van der Waals surface area contributed by atoms with Gasteiger partial charge in [0.15, 0.2) is 5.58 Å². The Bertz CT molecular complexity index is 1660. The van der Waals surface area contributed by atoms with Crippen LogP contribution in [0.2, 0.25) is 5.02 Å². The van der Waals surface area contributed by atoms with Crippen LogP contribution in [0.1, 0.15) is 74.5 Å². The number of ketones is 1. The SMILES string of the molecule is CCCC[C@H](NC(=O)[C@@H]1C[C@@H](OCc2ccc(Cl)cc2)CN1C(=O)[C@@H](CCC1CCNCC1)NS(C)(=O)=O)C(=O)c1nc2ccccc2o1. The van der Waals surface area contributed by atoms with Crippen molar-refractivity contribution < 1.29 is 32.0 Å². The number of oxazole rings is 1. The molecule has 49 heavy (non-hydrogen) atoms. The molecule has 3 aromatic rings. The van der Waals surface area contributed by atoms with E-state index >= 15 is 0 Å². The Morgan fingerprint density at radius 2 is 1.82 bits per heavy atom. The number of hydrogen-bond acceptors (Lipinski definition) is 9. The number of unbranched alkanes of at least 4 members (excludes halogenated alkanes) is 1. The number of hydrogen-bond donors (Lipinski definition) is 3. The van der Waals surface area contributed by atoms with Crippen LogP contribution in [-0.2, 0) is 31.0 Å². The lowest BCUT2D eigenvalue weighted by Crippen LogP contribution is -2.55. The van der Waals surface area contributed by atoms with E-state index in [1.807, 2.05) is 19.1 Å². The van der Waals surface area contributed by atoms with Crippen LogP contribution in [0.15, 0.2) is 52.9 Å². The first-order valence-electron chi connectivity index (χ1n) is 17.1. The fourth-order valence-electron chi connectivity index (χ4n) is 6.54. The van der Waals surface area contributed by atoms with Gasteiger partial charge in [0, 0.05) is 18.0 Å². The van der Waals surface area contributed by atoms with E-state index < -0.39 is 51.9 Å². The molecular formula is C35H46ClN5O7S. The Kier molecular flexibility index (Phi) is 12.8. The third kappa shape index (κ3) is 10.3. The van der Waals surface area contributed by atoms with Crippen molar-refractivity contribution in [3.05, 3.63) is 65.0 Å². The minimum atomic E-state index is -3.75. The fourth-order valence-corrected chi connectivity index (χ4v) is 7.40. The number of sulfonamides is 1. The van der Waals surface area contributed by atoms with Gasteiger partial charge in [-0.3, -0.25) is 14.4 Å². The number of piperidine rings is 1. The highest BCUT2D eigenvalue weighted by atomic mass is 35.5. The molecule has 0 radical (unpaired) electrons. The number of para-hydroxylation sites is 2. The zero-order chi connectivity index (χ0) is 35.0. The summed E-state index contributed by atoms with van der Waals surface area (Å²) in [4.78, 5) is 47.7. The van der Waals surface area contributed by atoms with Gasteiger partial charge in [-0.2, -0.15) is 0 Å². The molecule has 2 aliphatic rings. The van der Waals surface area contributed by atoms with E-state index in [4.69, 9.17) is 20.8 Å². The summed E-state index contributed by atoms with van der Waals surface area (Å²) >= 11 is 6.04. The molecule has 2 saturated heterocycles. The van der Waals surface area contributed by atoms with Crippen LogP contribution >= 0.6 is 11.6 Å². The van der Waals surface area contributed by atoms with Crippen molar-refractivity contribution in [3.63, 3.8) is 0 Å². The van der Waals surface area contributed by atoms with Crippen molar-refractivity contribution in [3.8, 4) is 0 Å². The minimum Gasteiger partial charge on any atom is -0.434 e. The van der Waals surface area contributed by atoms with Gasteiger partial charge in [0.25, 0.3) is 5.89 Å². The number of ether oxygens (including phenoxy) is 1. The molecule has 0 unspecified atom stereocenters. The number of likely N-dealkylation sites (tertiary alicyclic amines) is 1. The van der Waals surface area contributed by atoms with Crippen LogP contribution in [0.4, 0.5) is 0 Å². The lowest BCUT2D eigenvalue weighted by Gasteiger charge is -2.30. The molecule has 3 heterocycles. The first-order chi connectivity index (χ1) is 23.5. The topological polar surface area (TPSA) is 160 Å². The van der Waals surface area contributed by atoms with Crippen LogP contribution in [0, 0.1) is 5.92 Å². The van der Waals surface area contributed by atoms with E-state index in [9.17, 15) is 22.8 Å². The Morgan fingerprint density at radius 3 is 2.51 bits per heavy atom. The number of halogens is 1. The van der Waals surface area contributed by atoms with Gasteiger partial charge in [-0.15, -0.1) is 0 Å². The summed E-state index contributed by atoms with van der Waals surface area (Å²) < 4.78 is 39.3. The van der Waals surface area contributed by atoms with Gasteiger partial charge in [-0.05, 0) is 80.9 Å². The number of nitrogens with one attached hydrogen (secondary N) is 3. The van der Waals surface area contributed by atoms with E-state index in [0.717, 1.165) is 44.2 Å². The Labute approximate surface area is 292 Å². The van der Waals surface area contributed by atoms with Crippen molar-refractivity contribution >= 4 is 50.3 Å². The molecule has 12 nitrogen and oxygen atoms in total. The molecule has 5 rings (SSSR count). The zero-order valence-electron chi connectivity index (χ0n) is 28.0. The van der Waals surface area contributed by atoms with Gasteiger partial charge in [-0.1, -0.05) is 55.6 Å². The second-order valence-corrected chi connectivity index (χ2v) is 15.3. The third-order valence-electron chi connectivity index (χ3n) is 9.21. The Morgan fingerprint density at radius 1 is 1.08 bits per heavy atom. The quantitative estimate of drug-likeness (QED) is 0.185. The average Bonchev–Trinajstić information content (AvgIpc) is 3.72. The number of rotatable bonds is 16. The van der Waals surface area contributed by atoms with Gasteiger partial charge < -0.3 is 24.7 Å². The third-order valence-corrected chi connectivity index (χ3v) is 10.2. The van der Waals surface area contributed by atoms with Gasteiger partial charge in [0.2, 0.25) is 27.6 Å². The lowest BCUT2D eigenvalue weighted by molar-refractivity contribution is -0.140. The number of fused-ring (bicyclic) bond motifs is 1. The maximum absolute atomic E-state index is 14.2. The smallest absolute Gasteiger partial charge is 0.266 e. The minimum absolute atomic E-state index is 0.0818. The number of carbonyl (C=O) groups is 3. The van der Waals surface area contributed by atoms with E-state index in [0.29, 0.717) is 47.7 Å². The Hall–Kier alpha value is -3.36. The summed E-state index contributed by atoms with van der Waals surface area (Å²) in [7, 11) is -3.75. The summed E-state index contributed by atoms with van der Waals surface area (Å²) in [5, 5.41) is 6.81. The number of Topliss-reactive ketones (excluding diaryl/α,β-unsaturated/α-hetero) is 1. The summed E-state index contributed by atoms with van der Waals surface area (Å²) in [5.41, 5.74) is 1.87. The van der Waals surface area contributed by atoms with Crippen LogP contribution in [0.3, 0.4) is 0 Å². The molecular weight excluding hydrogens is 670 g/mol. The number of benzene rings is 2. The van der Waals surface area contributed by atoms with Crippen molar-refractivity contribution in [2.24, 2.45) is 5.92 Å². The maximum atomic E-state index is 14.2. The first-order valence-corrected chi connectivity index (χ1v) is 19.3. The maximum Gasteiger partial charge on any atom is 0.266 e. The van der Waals surface area contributed by atoms with Gasteiger partial charge in [0.1, 0.15) is 17.6 Å². The van der Waals surface area contributed by atoms with E-state index in [-0.39, 0.29) is 25.5 Å². The summed E-state index contributed by atoms with van der Waals surface area (Å²) in [5.74, 6) is -1.20. The molecule has 14 heteroatoms. The molecule has 2 fully saturated rings. The predicted octanol–water partition coefficient (Wildman–Crippen LogP) is 4.22. The summed E-state index contributed by atoms with van der Waals surface area (Å²) in [6, 6.07) is 11.3. The van der Waals surface area contributed by atoms with Crippen molar-refractivity contribution in [1.82, 2.24) is 25.2 Å². The number of nitrogens with zero attached hydrogens (tertiary/aromatic N) is 2. The second kappa shape index (κ2) is 17.0. The molecule has 0 spiro atoms. The molecule has 266 valence electrons. The molecule has 0 aliphatic carbocycles. The van der Waals surface area contributed by atoms with Crippen LogP contribution in [-0.4, -0.2) is 86.0 Å². The van der Waals surface area contributed by atoms with E-state index in [1.165, 1.54) is 4.90 Å². The van der Waals surface area contributed by atoms with Crippen molar-refractivity contribution in [2.45, 2.75) is 89.1 Å². The summed E-state index contributed by atoms with van der Waals surface area (Å²) in [6.45, 7) is 4.06. The normalized spacial score (nSPS) is 19.9. The van der Waals surface area contributed by atoms with Crippen LogP contribution in [0.25, 0.3) is 11.1 Å². The van der Waals surface area contributed by atoms with Gasteiger partial charge in [0.05, 0.1) is 25.0 Å². The molecule has 0 saturated carbocycles. The molecule has 2 aliphatic heterocycles. The van der Waals surface area contributed by atoms with E-state index in [2.05, 4.69) is 20.3 Å². The molecule has 0 bridgehead atoms. The standard InChI is InChI=1S/C35H46ClN5O7S/c1-3-4-7-28(32(42)34-39-27-8-5-6-9-31(27)48-34)38-33(43)30-20-26(47-22-24-10-13-25(36)14-11-24)21-41(30)35(44)29(40-49(2,45)46)15-12-23-16-18-37-19-17-23/h5-6,8-11,13-14,23,26,28-30,37,40H,3-4,7,12,15-22H2,1-2H3,(H,38,43)/t26-,28+,29-,30+/m1/s1. The monoisotopic (exact) mass is 715 g/mol. The number of amides is 2. The molecule has 1 aromatic heterocycles. The van der Waals surface area contributed by atoms with Gasteiger partial charge in [-0.25, -0.2) is 18.1 Å². The largest absolute Gasteiger partial charge is 0.434 e. The highest BCUT2D eigenvalue weighted by Crippen LogP contribution is 2.27. The Balaban J connectivity index is 1.36. The molecule has 2 aromatic carbocycles. The van der Waals surface area contributed by atoms with E-state index in [1.54, 1.807) is 36.4 Å².